The molecular weight excluding hydrogens is 864 g/mol. The lowest BCUT2D eigenvalue weighted by Gasteiger charge is -2.44. The molecule has 4 aromatic carbocycles. The average molecular weight is 927 g/mol. The number of aromatic nitrogens is 2. The fourth-order valence-electron chi connectivity index (χ4n) is 8.59. The third-order valence-corrected chi connectivity index (χ3v) is 13.7. The molecule has 1 aliphatic rings. The summed E-state index contributed by atoms with van der Waals surface area (Å²) in [6.45, 7) is 13.1. The van der Waals surface area contributed by atoms with Gasteiger partial charge in [-0.1, -0.05) is 54.6 Å². The number of carbonyl (C=O) groups is 1. The van der Waals surface area contributed by atoms with E-state index in [4.69, 9.17) is 28.2 Å². The minimum absolute atomic E-state index is 0.0466. The van der Waals surface area contributed by atoms with Crippen LogP contribution in [0.15, 0.2) is 119 Å². The molecule has 0 bridgehead atoms. The van der Waals surface area contributed by atoms with Crippen molar-refractivity contribution in [1.29, 1.82) is 0 Å². The third kappa shape index (κ3) is 10.7. The monoisotopic (exact) mass is 926 g/mol. The van der Waals surface area contributed by atoms with Gasteiger partial charge in [0.25, 0.3) is 20.0 Å². The maximum Gasteiger partial charge on any atom is 0.330 e. The number of rotatable bonds is 20. The van der Waals surface area contributed by atoms with E-state index in [0.29, 0.717) is 39.5 Å². The van der Waals surface area contributed by atoms with E-state index in [0.717, 1.165) is 0 Å². The second-order valence-electron chi connectivity index (χ2n) is 17.2. The highest BCUT2D eigenvalue weighted by molar-refractivity contribution is 7.43. The van der Waals surface area contributed by atoms with Gasteiger partial charge in [0, 0.05) is 42.0 Å². The Kier molecular flexibility index (Phi) is 16.3. The second-order valence-corrected chi connectivity index (χ2v) is 18.4. The Bertz CT molecular complexity index is 2430. The van der Waals surface area contributed by atoms with Gasteiger partial charge in [0.1, 0.15) is 35.2 Å². The predicted molar refractivity (Wildman–Crippen MR) is 253 cm³/mol. The number of amides is 1. The number of hydrogen-bond acceptors (Lipinski definition) is 12. The summed E-state index contributed by atoms with van der Waals surface area (Å²) in [6, 6.07) is 30.7. The molecule has 66 heavy (non-hydrogen) atoms. The zero-order valence-corrected chi connectivity index (χ0v) is 40.2. The minimum atomic E-state index is -2.49. The summed E-state index contributed by atoms with van der Waals surface area (Å²) in [7, 11) is 2.24. The summed E-state index contributed by atoms with van der Waals surface area (Å²) in [5, 5.41) is 13.2. The van der Waals surface area contributed by atoms with Gasteiger partial charge in [-0.2, -0.15) is 0 Å². The van der Waals surface area contributed by atoms with E-state index < -0.39 is 49.6 Å². The summed E-state index contributed by atoms with van der Waals surface area (Å²) >= 11 is 0. The Labute approximate surface area is 387 Å². The van der Waals surface area contributed by atoms with E-state index in [-0.39, 0.29) is 49.0 Å². The van der Waals surface area contributed by atoms with Crippen molar-refractivity contribution in [2.24, 2.45) is 0 Å². The number of nitrogens with one attached hydrogen (secondary N) is 1. The molecule has 0 radical (unpaired) electrons. The van der Waals surface area contributed by atoms with Gasteiger partial charge in [0.2, 0.25) is 5.79 Å². The second kappa shape index (κ2) is 21.5. The van der Waals surface area contributed by atoms with Gasteiger partial charge in [-0.05, 0) is 120 Å². The lowest BCUT2D eigenvalue weighted by atomic mass is 9.79. The van der Waals surface area contributed by atoms with Crippen molar-refractivity contribution in [3.63, 3.8) is 0 Å². The van der Waals surface area contributed by atoms with Gasteiger partial charge in [-0.3, -0.25) is 23.7 Å². The molecule has 3 N–H and O–H groups in total. The number of aryl methyl sites for hydroxylation is 1. The normalized spacial score (nSPS) is 18.5. The standard InChI is InChI=1S/C50H63N4O11P/c1-32(2)52(47(56)36-16-22-40(60-8)23-17-36)29-28-43(45-49(58,65-66(59)54(33(3)4)34(5)6)30-44(63-45)53-31-35(7)46(55)51-48(53)57)64-50(37-14-12-11-13-15-37,38-18-24-41(61-9)25-19-38)39-20-26-42(62-10)27-21-39/h11-27,31-34,43-45,58-59H,28-30H2,1-10H3,(H,51,55,57)/t43?,44-,45-,49+,66?/m1/s1. The van der Waals surface area contributed by atoms with Crippen LogP contribution in [0.1, 0.15) is 93.2 Å². The molecule has 1 saturated heterocycles. The van der Waals surface area contributed by atoms with E-state index in [1.165, 1.54) is 10.8 Å². The Hall–Kier alpha value is -5.38. The molecule has 0 spiro atoms. The van der Waals surface area contributed by atoms with Gasteiger partial charge in [0.05, 0.1) is 33.9 Å². The van der Waals surface area contributed by atoms with E-state index in [2.05, 4.69) is 4.98 Å². The van der Waals surface area contributed by atoms with Gasteiger partial charge in [-0.25, -0.2) is 9.46 Å². The van der Waals surface area contributed by atoms with Crippen LogP contribution >= 0.6 is 8.53 Å². The van der Waals surface area contributed by atoms with Crippen LogP contribution in [0.3, 0.4) is 0 Å². The molecule has 1 fully saturated rings. The van der Waals surface area contributed by atoms with Gasteiger partial charge in [0.15, 0.2) is 0 Å². The molecule has 16 heteroatoms. The van der Waals surface area contributed by atoms with Crippen molar-refractivity contribution in [3.05, 3.63) is 158 Å². The molecule has 5 atom stereocenters. The van der Waals surface area contributed by atoms with Crippen LogP contribution < -0.4 is 25.5 Å². The molecule has 0 aliphatic carbocycles. The highest BCUT2D eigenvalue weighted by atomic mass is 31.2. The number of methoxy groups -OCH3 is 3. The quantitative estimate of drug-likeness (QED) is 0.0399. The first-order valence-corrected chi connectivity index (χ1v) is 23.3. The Morgan fingerprint density at radius 2 is 1.30 bits per heavy atom. The van der Waals surface area contributed by atoms with E-state index in [1.807, 2.05) is 120 Å². The molecule has 2 unspecified atom stereocenters. The van der Waals surface area contributed by atoms with Crippen LogP contribution in [0.4, 0.5) is 0 Å². The van der Waals surface area contributed by atoms with Crippen LogP contribution in [-0.4, -0.2) is 99.0 Å². The Morgan fingerprint density at radius 3 is 1.79 bits per heavy atom. The van der Waals surface area contributed by atoms with Gasteiger partial charge < -0.3 is 38.6 Å². The molecule has 0 saturated carbocycles. The van der Waals surface area contributed by atoms with Crippen molar-refractivity contribution < 1.29 is 43.0 Å². The Morgan fingerprint density at radius 1 is 0.803 bits per heavy atom. The molecule has 5 aromatic rings. The first-order chi connectivity index (χ1) is 31.5. The maximum atomic E-state index is 14.4. The van der Waals surface area contributed by atoms with Crippen LogP contribution in [0.5, 0.6) is 17.2 Å². The first kappa shape index (κ1) is 50.0. The van der Waals surface area contributed by atoms with E-state index in [1.54, 1.807) is 62.1 Å². The number of ether oxygens (including phenoxy) is 5. The molecule has 1 amide bonds. The highest BCUT2D eigenvalue weighted by Crippen LogP contribution is 2.52. The molecule has 15 nitrogen and oxygen atoms in total. The number of hydrogen-bond donors (Lipinski definition) is 3. The van der Waals surface area contributed by atoms with Crippen molar-refractivity contribution in [3.8, 4) is 17.2 Å². The summed E-state index contributed by atoms with van der Waals surface area (Å²) in [4.78, 5) is 56.6. The number of aromatic amines is 1. The average Bonchev–Trinajstić information content (AvgIpc) is 3.64. The van der Waals surface area contributed by atoms with E-state index in [9.17, 15) is 24.4 Å². The van der Waals surface area contributed by atoms with Crippen molar-refractivity contribution >= 4 is 14.4 Å². The number of benzene rings is 4. The summed E-state index contributed by atoms with van der Waals surface area (Å²) < 4.78 is 40.6. The van der Waals surface area contributed by atoms with Gasteiger partial charge in [-0.15, -0.1) is 0 Å². The maximum absolute atomic E-state index is 14.4. The molecule has 1 aliphatic heterocycles. The Balaban J connectivity index is 1.59. The number of nitrogens with zero attached hydrogens (tertiary/aromatic N) is 3. The van der Waals surface area contributed by atoms with Gasteiger partial charge >= 0.3 is 5.69 Å². The zero-order chi connectivity index (χ0) is 47.9. The van der Waals surface area contributed by atoms with E-state index >= 15 is 0 Å². The summed E-state index contributed by atoms with van der Waals surface area (Å²) in [6.07, 6.45) is -2.76. The van der Waals surface area contributed by atoms with Crippen LogP contribution in [-0.2, 0) is 19.6 Å². The topological polar surface area (TPSA) is 174 Å². The lowest BCUT2D eigenvalue weighted by molar-refractivity contribution is -0.227. The van der Waals surface area contributed by atoms with Crippen molar-refractivity contribution in [2.45, 2.75) is 109 Å². The molecule has 354 valence electrons. The third-order valence-electron chi connectivity index (χ3n) is 11.9. The van der Waals surface area contributed by atoms with Crippen molar-refractivity contribution in [2.75, 3.05) is 27.9 Å². The fourth-order valence-corrected chi connectivity index (χ4v) is 9.93. The molecular formula is C50H63N4O11P. The smallest absolute Gasteiger partial charge is 0.330 e. The van der Waals surface area contributed by atoms with Crippen molar-refractivity contribution in [1.82, 2.24) is 19.1 Å². The zero-order valence-electron chi connectivity index (χ0n) is 39.3. The minimum Gasteiger partial charge on any atom is -0.497 e. The highest BCUT2D eigenvalue weighted by Gasteiger charge is 2.57. The summed E-state index contributed by atoms with van der Waals surface area (Å²) in [5.74, 6) is -0.752. The number of carbonyl (C=O) groups excluding carboxylic acids is 1. The largest absolute Gasteiger partial charge is 0.497 e. The SMILES string of the molecule is COc1ccc(C(=O)N(CCC(OC(c2ccccc2)(c2ccc(OC)cc2)c2ccc(OC)cc2)[C@H]2O[C@@H](n3cc(C)c(=O)[nH]c3=O)C[C@]2(O)OP(O)N(C(C)C)C(C)C)C(C)C)cc1. The predicted octanol–water partition coefficient (Wildman–Crippen LogP) is 7.52. The molecule has 1 aromatic heterocycles. The number of H-pyrrole nitrogens is 1. The fraction of sp³-hybridized carbons (Fsp3) is 0.420. The molecule has 6 rings (SSSR count). The first-order valence-electron chi connectivity index (χ1n) is 22.1. The molecule has 2 heterocycles. The van der Waals surface area contributed by atoms with Crippen LogP contribution in [0, 0.1) is 6.92 Å². The lowest BCUT2D eigenvalue weighted by Crippen LogP contribution is -2.53. The number of aliphatic hydroxyl groups is 1. The summed E-state index contributed by atoms with van der Waals surface area (Å²) in [5.41, 5.74) is -0.0449. The van der Waals surface area contributed by atoms with Crippen LogP contribution in [0.2, 0.25) is 0 Å². The van der Waals surface area contributed by atoms with Crippen LogP contribution in [0.25, 0.3) is 0 Å².